The highest BCUT2D eigenvalue weighted by molar-refractivity contribution is 5.85. The van der Waals surface area contributed by atoms with E-state index in [1.807, 2.05) is 0 Å². The second-order valence-electron chi connectivity index (χ2n) is 6.28. The van der Waals surface area contributed by atoms with E-state index < -0.39 is 0 Å². The highest BCUT2D eigenvalue weighted by atomic mass is 14.9. The Hall–Kier alpha value is -1.34. The number of hydrogen-bond acceptors (Lipinski definition) is 1. The first-order chi connectivity index (χ1) is 9.79. The molecule has 2 aromatic rings. The van der Waals surface area contributed by atoms with E-state index in [-0.39, 0.29) is 0 Å². The summed E-state index contributed by atoms with van der Waals surface area (Å²) in [5.74, 6) is 1.78. The third-order valence-electron chi connectivity index (χ3n) is 4.66. The summed E-state index contributed by atoms with van der Waals surface area (Å²) in [6.45, 7) is 5.77. The van der Waals surface area contributed by atoms with Crippen LogP contribution in [0.1, 0.15) is 32.3 Å². The SMILES string of the molecule is CCCNC(Cc1cccc2ccccc12)C1CC1C. The molecule has 2 aromatic carbocycles. The summed E-state index contributed by atoms with van der Waals surface area (Å²) >= 11 is 0. The predicted molar refractivity (Wildman–Crippen MR) is 87.0 cm³/mol. The van der Waals surface area contributed by atoms with Crippen LogP contribution in [0.4, 0.5) is 0 Å². The van der Waals surface area contributed by atoms with E-state index in [9.17, 15) is 0 Å². The molecular weight excluding hydrogens is 242 g/mol. The van der Waals surface area contributed by atoms with Gasteiger partial charge in [-0.1, -0.05) is 56.3 Å². The van der Waals surface area contributed by atoms with E-state index in [2.05, 4.69) is 61.6 Å². The lowest BCUT2D eigenvalue weighted by Gasteiger charge is -2.19. The van der Waals surface area contributed by atoms with Gasteiger partial charge >= 0.3 is 0 Å². The number of nitrogens with one attached hydrogen (secondary N) is 1. The maximum Gasteiger partial charge on any atom is 0.0139 e. The summed E-state index contributed by atoms with van der Waals surface area (Å²) in [4.78, 5) is 0. The van der Waals surface area contributed by atoms with Gasteiger partial charge in [0.15, 0.2) is 0 Å². The van der Waals surface area contributed by atoms with Crippen LogP contribution in [0.5, 0.6) is 0 Å². The number of rotatable bonds is 6. The first kappa shape index (κ1) is 13.6. The lowest BCUT2D eigenvalue weighted by atomic mass is 9.96. The second-order valence-corrected chi connectivity index (χ2v) is 6.28. The van der Waals surface area contributed by atoms with Crippen LogP contribution in [-0.2, 0) is 6.42 Å². The van der Waals surface area contributed by atoms with Gasteiger partial charge < -0.3 is 5.32 Å². The van der Waals surface area contributed by atoms with Crippen LogP contribution in [0, 0.1) is 11.8 Å². The van der Waals surface area contributed by atoms with E-state index in [0.717, 1.165) is 24.8 Å². The van der Waals surface area contributed by atoms with Crippen molar-refractivity contribution >= 4 is 10.8 Å². The van der Waals surface area contributed by atoms with Gasteiger partial charge in [0.25, 0.3) is 0 Å². The third kappa shape index (κ3) is 2.88. The Labute approximate surface area is 122 Å². The minimum atomic E-state index is 0.649. The van der Waals surface area contributed by atoms with Gasteiger partial charge in [-0.15, -0.1) is 0 Å². The number of fused-ring (bicyclic) bond motifs is 1. The summed E-state index contributed by atoms with van der Waals surface area (Å²) in [6.07, 6.45) is 3.77. The quantitative estimate of drug-likeness (QED) is 0.817. The zero-order valence-corrected chi connectivity index (χ0v) is 12.6. The molecule has 1 N–H and O–H groups in total. The van der Waals surface area contributed by atoms with Crippen LogP contribution in [0.25, 0.3) is 10.8 Å². The Kier molecular flexibility index (Phi) is 4.07. The summed E-state index contributed by atoms with van der Waals surface area (Å²) in [7, 11) is 0. The van der Waals surface area contributed by atoms with Crippen molar-refractivity contribution in [1.82, 2.24) is 5.32 Å². The lowest BCUT2D eigenvalue weighted by molar-refractivity contribution is 0.444. The topological polar surface area (TPSA) is 12.0 Å². The van der Waals surface area contributed by atoms with E-state index in [4.69, 9.17) is 0 Å². The summed E-state index contributed by atoms with van der Waals surface area (Å²) in [5.41, 5.74) is 1.50. The maximum atomic E-state index is 3.77. The van der Waals surface area contributed by atoms with E-state index in [1.165, 1.54) is 29.2 Å². The standard InChI is InChI=1S/C19H25N/c1-3-11-20-19(18-12-14(18)2)13-16-9-6-8-15-7-4-5-10-17(15)16/h4-10,14,18-20H,3,11-13H2,1-2H3. The Morgan fingerprint density at radius 2 is 1.90 bits per heavy atom. The van der Waals surface area contributed by atoms with Gasteiger partial charge in [-0.05, 0) is 54.0 Å². The van der Waals surface area contributed by atoms with Crippen molar-refractivity contribution in [3.8, 4) is 0 Å². The minimum absolute atomic E-state index is 0.649. The first-order valence-corrected chi connectivity index (χ1v) is 7.99. The number of benzene rings is 2. The predicted octanol–water partition coefficient (Wildman–Crippen LogP) is 4.41. The van der Waals surface area contributed by atoms with Gasteiger partial charge in [-0.2, -0.15) is 0 Å². The second kappa shape index (κ2) is 5.97. The van der Waals surface area contributed by atoms with Gasteiger partial charge in [-0.3, -0.25) is 0 Å². The van der Waals surface area contributed by atoms with Crippen molar-refractivity contribution in [2.75, 3.05) is 6.54 Å². The Morgan fingerprint density at radius 1 is 1.15 bits per heavy atom. The fourth-order valence-corrected chi connectivity index (χ4v) is 3.32. The largest absolute Gasteiger partial charge is 0.313 e. The minimum Gasteiger partial charge on any atom is -0.313 e. The average molecular weight is 267 g/mol. The molecular formula is C19H25N. The lowest BCUT2D eigenvalue weighted by Crippen LogP contribution is -2.34. The van der Waals surface area contributed by atoms with Crippen molar-refractivity contribution in [3.05, 3.63) is 48.0 Å². The summed E-state index contributed by atoms with van der Waals surface area (Å²) in [5, 5.41) is 6.56. The van der Waals surface area contributed by atoms with Crippen LogP contribution in [0.2, 0.25) is 0 Å². The fourth-order valence-electron chi connectivity index (χ4n) is 3.32. The molecule has 0 heterocycles. The fraction of sp³-hybridized carbons (Fsp3) is 0.474. The smallest absolute Gasteiger partial charge is 0.0139 e. The molecule has 0 amide bonds. The van der Waals surface area contributed by atoms with E-state index in [1.54, 1.807) is 0 Å². The molecule has 1 heteroatoms. The van der Waals surface area contributed by atoms with Gasteiger partial charge in [-0.25, -0.2) is 0 Å². The molecule has 0 spiro atoms. The zero-order valence-electron chi connectivity index (χ0n) is 12.6. The normalized spacial score (nSPS) is 22.9. The highest BCUT2D eigenvalue weighted by Gasteiger charge is 2.39. The Balaban J connectivity index is 1.82. The first-order valence-electron chi connectivity index (χ1n) is 7.99. The van der Waals surface area contributed by atoms with E-state index in [0.29, 0.717) is 6.04 Å². The number of hydrogen-bond donors (Lipinski definition) is 1. The molecule has 20 heavy (non-hydrogen) atoms. The molecule has 0 bridgehead atoms. The Bertz CT molecular complexity index is 569. The molecule has 0 aliphatic heterocycles. The monoisotopic (exact) mass is 267 g/mol. The molecule has 0 aromatic heterocycles. The molecule has 0 radical (unpaired) electrons. The van der Waals surface area contributed by atoms with Crippen molar-refractivity contribution < 1.29 is 0 Å². The van der Waals surface area contributed by atoms with Crippen LogP contribution in [-0.4, -0.2) is 12.6 Å². The molecule has 106 valence electrons. The van der Waals surface area contributed by atoms with Crippen molar-refractivity contribution in [2.45, 2.75) is 39.2 Å². The van der Waals surface area contributed by atoms with E-state index >= 15 is 0 Å². The molecule has 1 fully saturated rings. The summed E-state index contributed by atoms with van der Waals surface area (Å²) < 4.78 is 0. The molecule has 0 saturated heterocycles. The Morgan fingerprint density at radius 3 is 2.65 bits per heavy atom. The van der Waals surface area contributed by atoms with Crippen LogP contribution >= 0.6 is 0 Å². The molecule has 1 aliphatic carbocycles. The molecule has 1 aliphatic rings. The van der Waals surface area contributed by atoms with Crippen LogP contribution < -0.4 is 5.32 Å². The highest BCUT2D eigenvalue weighted by Crippen LogP contribution is 2.41. The maximum absolute atomic E-state index is 3.77. The third-order valence-corrected chi connectivity index (χ3v) is 4.66. The van der Waals surface area contributed by atoms with Crippen LogP contribution in [0.3, 0.4) is 0 Å². The molecule has 1 nitrogen and oxygen atoms in total. The van der Waals surface area contributed by atoms with Gasteiger partial charge in [0, 0.05) is 6.04 Å². The molecule has 3 unspecified atom stereocenters. The molecule has 3 rings (SSSR count). The van der Waals surface area contributed by atoms with Crippen molar-refractivity contribution in [1.29, 1.82) is 0 Å². The van der Waals surface area contributed by atoms with Crippen molar-refractivity contribution in [2.24, 2.45) is 11.8 Å². The van der Waals surface area contributed by atoms with Gasteiger partial charge in [0.05, 0.1) is 0 Å². The van der Waals surface area contributed by atoms with Gasteiger partial charge in [0.1, 0.15) is 0 Å². The van der Waals surface area contributed by atoms with Crippen molar-refractivity contribution in [3.63, 3.8) is 0 Å². The average Bonchev–Trinajstić information content (AvgIpc) is 3.20. The van der Waals surface area contributed by atoms with Crippen LogP contribution in [0.15, 0.2) is 42.5 Å². The molecule has 1 saturated carbocycles. The molecule has 3 atom stereocenters. The van der Waals surface area contributed by atoms with Gasteiger partial charge in [0.2, 0.25) is 0 Å². The zero-order chi connectivity index (χ0) is 13.9. The summed E-state index contributed by atoms with van der Waals surface area (Å²) in [6, 6.07) is 16.1.